The Morgan fingerprint density at radius 2 is 1.91 bits per heavy atom. The van der Waals surface area contributed by atoms with E-state index in [2.05, 4.69) is 0 Å². The lowest BCUT2D eigenvalue weighted by atomic mass is 10.1. The molecule has 0 atom stereocenters. The monoisotopic (exact) mass is 327 g/mol. The van der Waals surface area contributed by atoms with Crippen molar-refractivity contribution in [1.82, 2.24) is 0 Å². The van der Waals surface area contributed by atoms with Crippen LogP contribution in [-0.2, 0) is 4.74 Å². The molecule has 0 unspecified atom stereocenters. The Kier molecular flexibility index (Phi) is 5.26. The number of hydrogen-bond donors (Lipinski definition) is 1. The van der Waals surface area contributed by atoms with Gasteiger partial charge in [0, 0.05) is 11.3 Å². The summed E-state index contributed by atoms with van der Waals surface area (Å²) in [6.07, 6.45) is -1.55. The molecule has 0 aromatic heterocycles. The fraction of sp³-hybridized carbons (Fsp3) is 0.385. The van der Waals surface area contributed by atoms with Crippen LogP contribution in [0.15, 0.2) is 12.1 Å². The summed E-state index contributed by atoms with van der Waals surface area (Å²) in [6, 6.07) is 2.25. The average molecular weight is 327 g/mol. The number of nitro groups is 1. The van der Waals surface area contributed by atoms with Crippen molar-refractivity contribution >= 4 is 31.1 Å². The van der Waals surface area contributed by atoms with E-state index in [0.717, 1.165) is 6.07 Å². The number of ether oxygens (including phenoxy) is 2. The Hall–Kier alpha value is -2.42. The second kappa shape index (κ2) is 6.56. The van der Waals surface area contributed by atoms with Gasteiger partial charge in [0.25, 0.3) is 5.69 Å². The van der Waals surface area contributed by atoms with Gasteiger partial charge in [0.15, 0.2) is 0 Å². The zero-order chi connectivity index (χ0) is 17.1. The second-order valence-corrected chi connectivity index (χ2v) is 10.4. The van der Waals surface area contributed by atoms with E-state index in [4.69, 9.17) is 14.6 Å². The van der Waals surface area contributed by atoms with Gasteiger partial charge in [-0.25, -0.2) is 9.59 Å². The summed E-state index contributed by atoms with van der Waals surface area (Å²) in [7, 11) is -2.35. The smallest absolute Gasteiger partial charge is 0.462 e. The van der Waals surface area contributed by atoms with Gasteiger partial charge in [-0.1, -0.05) is 19.6 Å². The molecular formula is C13H17NO7Si. The topological polar surface area (TPSA) is 116 Å². The molecule has 0 amide bonds. The first-order valence-corrected chi connectivity index (χ1v) is 9.99. The van der Waals surface area contributed by atoms with E-state index in [1.54, 1.807) is 6.92 Å². The highest BCUT2D eigenvalue weighted by atomic mass is 28.3. The van der Waals surface area contributed by atoms with Crippen molar-refractivity contribution in [1.29, 1.82) is 0 Å². The molecule has 120 valence electrons. The molecule has 0 spiro atoms. The minimum atomic E-state index is -2.35. The fourth-order valence-electron chi connectivity index (χ4n) is 2.06. The van der Waals surface area contributed by atoms with Gasteiger partial charge < -0.3 is 14.6 Å². The number of rotatable bonds is 5. The Balaban J connectivity index is 3.73. The predicted octanol–water partition coefficient (Wildman–Crippen LogP) is 2.37. The number of nitro benzene ring substituents is 1. The van der Waals surface area contributed by atoms with Gasteiger partial charge in [0.1, 0.15) is 11.3 Å². The molecule has 8 nitrogen and oxygen atoms in total. The predicted molar refractivity (Wildman–Crippen MR) is 80.7 cm³/mol. The summed E-state index contributed by atoms with van der Waals surface area (Å²) in [6.45, 7) is 7.09. The van der Waals surface area contributed by atoms with Crippen LogP contribution in [-0.4, -0.2) is 36.8 Å². The summed E-state index contributed by atoms with van der Waals surface area (Å²) in [5, 5.41) is 20.3. The SMILES string of the molecule is CCOC(=O)c1c([N+](=O)[O-])ccc(OC(=O)O)c1[Si](C)(C)C. The third kappa shape index (κ3) is 3.82. The third-order valence-electron chi connectivity index (χ3n) is 2.77. The van der Waals surface area contributed by atoms with Crippen LogP contribution in [0.2, 0.25) is 19.6 Å². The van der Waals surface area contributed by atoms with Gasteiger partial charge in [0.2, 0.25) is 0 Å². The lowest BCUT2D eigenvalue weighted by molar-refractivity contribution is -0.385. The number of nitrogens with zero attached hydrogens (tertiary/aromatic N) is 1. The number of carboxylic acid groups (broad SMARTS) is 1. The first-order valence-electron chi connectivity index (χ1n) is 6.49. The maximum atomic E-state index is 12.2. The van der Waals surface area contributed by atoms with Crippen molar-refractivity contribution in [2.45, 2.75) is 26.6 Å². The zero-order valence-electron chi connectivity index (χ0n) is 12.7. The summed E-state index contributed by atoms with van der Waals surface area (Å²) in [5.41, 5.74) is -0.654. The van der Waals surface area contributed by atoms with Crippen molar-refractivity contribution in [3.63, 3.8) is 0 Å². The molecule has 9 heteroatoms. The minimum absolute atomic E-state index is 0.0468. The van der Waals surface area contributed by atoms with E-state index < -0.39 is 30.8 Å². The summed E-state index contributed by atoms with van der Waals surface area (Å²) in [4.78, 5) is 33.5. The van der Waals surface area contributed by atoms with Gasteiger partial charge in [-0.15, -0.1) is 0 Å². The molecule has 0 fully saturated rings. The molecule has 0 aliphatic rings. The van der Waals surface area contributed by atoms with E-state index in [1.165, 1.54) is 6.07 Å². The van der Waals surface area contributed by atoms with Gasteiger partial charge in [0.05, 0.1) is 19.6 Å². The fourth-order valence-corrected chi connectivity index (χ4v) is 3.91. The lowest BCUT2D eigenvalue weighted by Crippen LogP contribution is -2.43. The largest absolute Gasteiger partial charge is 0.511 e. The molecule has 0 saturated heterocycles. The first-order chi connectivity index (χ1) is 10.1. The third-order valence-corrected chi connectivity index (χ3v) is 4.77. The van der Waals surface area contributed by atoms with E-state index in [-0.39, 0.29) is 23.1 Å². The van der Waals surface area contributed by atoms with Gasteiger partial charge in [-0.3, -0.25) is 10.1 Å². The van der Waals surface area contributed by atoms with Crippen LogP contribution in [0.1, 0.15) is 17.3 Å². The Morgan fingerprint density at radius 1 is 1.32 bits per heavy atom. The Labute approximate surface area is 127 Å². The number of esters is 1. The Bertz CT molecular complexity index is 622. The maximum absolute atomic E-state index is 12.2. The highest BCUT2D eigenvalue weighted by molar-refractivity contribution is 6.90. The molecule has 0 aliphatic heterocycles. The first kappa shape index (κ1) is 17.6. The van der Waals surface area contributed by atoms with Crippen molar-refractivity contribution < 1.29 is 29.1 Å². The normalized spacial score (nSPS) is 10.9. The van der Waals surface area contributed by atoms with Crippen molar-refractivity contribution in [3.05, 3.63) is 27.8 Å². The quantitative estimate of drug-likeness (QED) is 0.290. The van der Waals surface area contributed by atoms with E-state index in [9.17, 15) is 19.7 Å². The number of carbonyl (C=O) groups excluding carboxylic acids is 1. The standard InChI is InChI=1S/C13H17NO7Si/c1-5-20-12(15)10-8(14(18)19)6-7-9(21-13(16)17)11(10)22(2,3)4/h6-7H,5H2,1-4H3,(H,16,17). The highest BCUT2D eigenvalue weighted by Gasteiger charge is 2.35. The van der Waals surface area contributed by atoms with Crippen LogP contribution in [0.3, 0.4) is 0 Å². The molecule has 0 aliphatic carbocycles. The van der Waals surface area contributed by atoms with Crippen molar-refractivity contribution in [3.8, 4) is 5.75 Å². The van der Waals surface area contributed by atoms with Gasteiger partial charge >= 0.3 is 12.1 Å². The van der Waals surface area contributed by atoms with Crippen LogP contribution in [0.5, 0.6) is 5.75 Å². The van der Waals surface area contributed by atoms with Gasteiger partial charge in [-0.2, -0.15) is 0 Å². The van der Waals surface area contributed by atoms with E-state index in [0.29, 0.717) is 0 Å². The molecular weight excluding hydrogens is 310 g/mol. The summed E-state index contributed by atoms with van der Waals surface area (Å²) < 4.78 is 9.59. The number of hydrogen-bond acceptors (Lipinski definition) is 6. The zero-order valence-corrected chi connectivity index (χ0v) is 13.7. The molecule has 0 heterocycles. The van der Waals surface area contributed by atoms with Crippen molar-refractivity contribution in [2.24, 2.45) is 0 Å². The number of carbonyl (C=O) groups is 2. The molecule has 0 radical (unpaired) electrons. The molecule has 1 rings (SSSR count). The molecule has 0 saturated carbocycles. The van der Waals surface area contributed by atoms with Crippen LogP contribution in [0.25, 0.3) is 0 Å². The van der Waals surface area contributed by atoms with Crippen LogP contribution in [0, 0.1) is 10.1 Å². The minimum Gasteiger partial charge on any atom is -0.462 e. The molecule has 1 aromatic rings. The van der Waals surface area contributed by atoms with Crippen LogP contribution < -0.4 is 9.92 Å². The second-order valence-electron chi connectivity index (χ2n) is 5.43. The lowest BCUT2D eigenvalue weighted by Gasteiger charge is -2.22. The highest BCUT2D eigenvalue weighted by Crippen LogP contribution is 2.27. The number of benzene rings is 1. The van der Waals surface area contributed by atoms with E-state index in [1.807, 2.05) is 19.6 Å². The van der Waals surface area contributed by atoms with Crippen molar-refractivity contribution in [2.75, 3.05) is 6.61 Å². The van der Waals surface area contributed by atoms with Gasteiger partial charge in [-0.05, 0) is 13.0 Å². The molecule has 0 bridgehead atoms. The molecule has 1 aromatic carbocycles. The van der Waals surface area contributed by atoms with Crippen LogP contribution >= 0.6 is 0 Å². The average Bonchev–Trinajstić information content (AvgIpc) is 2.35. The van der Waals surface area contributed by atoms with Crippen LogP contribution in [0.4, 0.5) is 10.5 Å². The summed E-state index contributed by atoms with van der Waals surface area (Å²) in [5.74, 6) is -0.928. The maximum Gasteiger partial charge on any atom is 0.511 e. The molecule has 22 heavy (non-hydrogen) atoms. The Morgan fingerprint density at radius 3 is 2.32 bits per heavy atom. The molecule has 1 N–H and O–H groups in total. The van der Waals surface area contributed by atoms with E-state index >= 15 is 0 Å². The summed E-state index contributed by atoms with van der Waals surface area (Å²) >= 11 is 0.